The zero-order valence-corrected chi connectivity index (χ0v) is 13.5. The fraction of sp³-hybridized carbons (Fsp3) is 0.300. The van der Waals surface area contributed by atoms with Crippen molar-refractivity contribution in [2.45, 2.75) is 26.2 Å². The van der Waals surface area contributed by atoms with Crippen molar-refractivity contribution >= 4 is 17.3 Å². The van der Waals surface area contributed by atoms with E-state index in [9.17, 15) is 4.79 Å². The van der Waals surface area contributed by atoms with Gasteiger partial charge in [0, 0.05) is 17.7 Å². The van der Waals surface area contributed by atoms with Gasteiger partial charge in [0.05, 0.1) is 11.4 Å². The second-order valence-electron chi connectivity index (χ2n) is 5.80. The maximum atomic E-state index is 12.6. The Hall–Kier alpha value is -2.42. The van der Waals surface area contributed by atoms with Crippen molar-refractivity contribution in [3.63, 3.8) is 0 Å². The Labute approximate surface area is 137 Å². The molecule has 3 heteroatoms. The predicted molar refractivity (Wildman–Crippen MR) is 95.3 cm³/mol. The summed E-state index contributed by atoms with van der Waals surface area (Å²) >= 11 is 0. The fourth-order valence-electron chi connectivity index (χ4n) is 2.97. The average Bonchev–Trinajstić information content (AvgIpc) is 2.73. The van der Waals surface area contributed by atoms with Crippen LogP contribution in [0.2, 0.25) is 0 Å². The molecule has 0 aromatic heterocycles. The van der Waals surface area contributed by atoms with E-state index in [1.165, 1.54) is 0 Å². The topological polar surface area (TPSA) is 32.7 Å². The first kappa shape index (κ1) is 15.5. The molecule has 1 heterocycles. The molecule has 0 bridgehead atoms. The number of rotatable bonds is 5. The van der Waals surface area contributed by atoms with E-state index < -0.39 is 0 Å². The lowest BCUT2D eigenvalue weighted by atomic mass is 10.00. The molecule has 0 spiro atoms. The van der Waals surface area contributed by atoms with Crippen LogP contribution < -0.4 is 4.90 Å². The van der Waals surface area contributed by atoms with Crippen molar-refractivity contribution in [3.8, 4) is 0 Å². The van der Waals surface area contributed by atoms with Crippen molar-refractivity contribution in [1.82, 2.24) is 0 Å². The van der Waals surface area contributed by atoms with Gasteiger partial charge in [0.1, 0.15) is 6.54 Å². The fourth-order valence-corrected chi connectivity index (χ4v) is 2.97. The highest BCUT2D eigenvalue weighted by Crippen LogP contribution is 2.27. The Bertz CT molecular complexity index is 707. The zero-order chi connectivity index (χ0) is 16.1. The molecular formula is C20H22N2O. The van der Waals surface area contributed by atoms with Crippen LogP contribution in [0.3, 0.4) is 0 Å². The number of benzodiazepines with no additional fused rings is 1. The average molecular weight is 306 g/mol. The second-order valence-corrected chi connectivity index (χ2v) is 5.80. The largest absolute Gasteiger partial charge is 0.310 e. The summed E-state index contributed by atoms with van der Waals surface area (Å²) in [6, 6.07) is 18.2. The third kappa shape index (κ3) is 3.34. The lowest BCUT2D eigenvalue weighted by Crippen LogP contribution is -2.33. The van der Waals surface area contributed by atoms with Crippen LogP contribution in [-0.2, 0) is 4.79 Å². The summed E-state index contributed by atoms with van der Waals surface area (Å²) in [5.74, 6) is 0.0829. The highest BCUT2D eigenvalue weighted by Gasteiger charge is 2.24. The molecule has 0 atom stereocenters. The Morgan fingerprint density at radius 3 is 2.52 bits per heavy atom. The minimum Gasteiger partial charge on any atom is -0.310 e. The van der Waals surface area contributed by atoms with Gasteiger partial charge < -0.3 is 4.90 Å². The van der Waals surface area contributed by atoms with Crippen LogP contribution >= 0.6 is 0 Å². The van der Waals surface area contributed by atoms with Gasteiger partial charge in [-0.15, -0.1) is 0 Å². The van der Waals surface area contributed by atoms with Gasteiger partial charge in [-0.1, -0.05) is 68.3 Å². The van der Waals surface area contributed by atoms with Crippen LogP contribution in [0.4, 0.5) is 5.69 Å². The van der Waals surface area contributed by atoms with Gasteiger partial charge >= 0.3 is 0 Å². The third-order valence-electron chi connectivity index (χ3n) is 4.16. The Balaban J connectivity index is 2.01. The number of carbonyl (C=O) groups excluding carboxylic acids is 1. The number of benzene rings is 2. The van der Waals surface area contributed by atoms with Crippen LogP contribution in [0.1, 0.15) is 37.3 Å². The summed E-state index contributed by atoms with van der Waals surface area (Å²) in [4.78, 5) is 19.1. The molecule has 0 fully saturated rings. The molecule has 118 valence electrons. The maximum absolute atomic E-state index is 12.6. The lowest BCUT2D eigenvalue weighted by molar-refractivity contribution is -0.117. The van der Waals surface area contributed by atoms with Gasteiger partial charge in [-0.3, -0.25) is 9.79 Å². The molecular weight excluding hydrogens is 284 g/mol. The molecule has 1 aliphatic heterocycles. The Morgan fingerprint density at radius 1 is 1.00 bits per heavy atom. The van der Waals surface area contributed by atoms with Crippen molar-refractivity contribution in [3.05, 3.63) is 65.7 Å². The molecule has 0 unspecified atom stereocenters. The van der Waals surface area contributed by atoms with Crippen molar-refractivity contribution < 1.29 is 4.79 Å². The monoisotopic (exact) mass is 306 g/mol. The Morgan fingerprint density at radius 2 is 1.74 bits per heavy atom. The van der Waals surface area contributed by atoms with Gasteiger partial charge in [0.25, 0.3) is 0 Å². The van der Waals surface area contributed by atoms with Crippen LogP contribution in [0, 0.1) is 0 Å². The first-order valence-electron chi connectivity index (χ1n) is 8.31. The minimum atomic E-state index is 0.0829. The zero-order valence-electron chi connectivity index (χ0n) is 13.5. The van der Waals surface area contributed by atoms with E-state index in [1.54, 1.807) is 0 Å². The van der Waals surface area contributed by atoms with Crippen molar-refractivity contribution in [2.24, 2.45) is 4.99 Å². The molecule has 0 saturated heterocycles. The molecule has 0 radical (unpaired) electrons. The van der Waals surface area contributed by atoms with E-state index in [1.807, 2.05) is 53.4 Å². The molecule has 1 aliphatic rings. The van der Waals surface area contributed by atoms with Crippen molar-refractivity contribution in [1.29, 1.82) is 0 Å². The summed E-state index contributed by atoms with van der Waals surface area (Å²) < 4.78 is 0. The molecule has 3 rings (SSSR count). The molecule has 0 saturated carbocycles. The first-order valence-corrected chi connectivity index (χ1v) is 8.31. The van der Waals surface area contributed by atoms with Gasteiger partial charge in [-0.05, 0) is 12.5 Å². The van der Waals surface area contributed by atoms with Crippen LogP contribution in [0.15, 0.2) is 59.6 Å². The number of hydrogen-bond donors (Lipinski definition) is 0. The molecule has 1 amide bonds. The first-order chi connectivity index (χ1) is 11.3. The summed E-state index contributed by atoms with van der Waals surface area (Å²) in [7, 11) is 0. The van der Waals surface area contributed by atoms with Gasteiger partial charge in [0.2, 0.25) is 5.91 Å². The SMILES string of the molecule is CCCCCN1C(=O)CN=C(c2ccccc2)c2ccccc21. The number of hydrogen-bond acceptors (Lipinski definition) is 2. The lowest BCUT2D eigenvalue weighted by Gasteiger charge is -2.23. The highest BCUT2D eigenvalue weighted by atomic mass is 16.2. The molecule has 0 aliphatic carbocycles. The second kappa shape index (κ2) is 7.23. The summed E-state index contributed by atoms with van der Waals surface area (Å²) in [6.07, 6.45) is 3.31. The van der Waals surface area contributed by atoms with E-state index in [0.717, 1.165) is 48.3 Å². The van der Waals surface area contributed by atoms with Gasteiger partial charge in [-0.25, -0.2) is 0 Å². The molecule has 0 N–H and O–H groups in total. The quantitative estimate of drug-likeness (QED) is 0.767. The van der Waals surface area contributed by atoms with Crippen molar-refractivity contribution in [2.75, 3.05) is 18.0 Å². The van der Waals surface area contributed by atoms with Gasteiger partial charge in [-0.2, -0.15) is 0 Å². The van der Waals surface area contributed by atoms with Crippen LogP contribution in [-0.4, -0.2) is 24.7 Å². The van der Waals surface area contributed by atoms with E-state index in [4.69, 9.17) is 0 Å². The number of aliphatic imine (C=N–C) groups is 1. The summed E-state index contributed by atoms with van der Waals surface area (Å²) in [5.41, 5.74) is 3.99. The van der Waals surface area contributed by atoms with Crippen LogP contribution in [0.25, 0.3) is 0 Å². The van der Waals surface area contributed by atoms with E-state index in [0.29, 0.717) is 0 Å². The number of nitrogens with zero attached hydrogens (tertiary/aromatic N) is 2. The minimum absolute atomic E-state index is 0.0829. The number of unbranched alkanes of at least 4 members (excludes halogenated alkanes) is 2. The standard InChI is InChI=1S/C20H22N2O/c1-2-3-9-14-22-18-13-8-7-12-17(18)20(21-15-19(22)23)16-10-5-4-6-11-16/h4-8,10-13H,2-3,9,14-15H2,1H3. The molecule has 2 aromatic rings. The predicted octanol–water partition coefficient (Wildman–Crippen LogP) is 4.06. The number of fused-ring (bicyclic) bond motifs is 1. The number of carbonyl (C=O) groups is 1. The van der Waals surface area contributed by atoms with Gasteiger partial charge in [0.15, 0.2) is 0 Å². The third-order valence-corrected chi connectivity index (χ3v) is 4.16. The highest BCUT2D eigenvalue weighted by molar-refractivity contribution is 6.19. The smallest absolute Gasteiger partial charge is 0.248 e. The molecule has 3 nitrogen and oxygen atoms in total. The summed E-state index contributed by atoms with van der Waals surface area (Å²) in [6.45, 7) is 3.15. The van der Waals surface area contributed by atoms with E-state index >= 15 is 0 Å². The number of para-hydroxylation sites is 1. The van der Waals surface area contributed by atoms with Crippen LogP contribution in [0.5, 0.6) is 0 Å². The number of anilines is 1. The maximum Gasteiger partial charge on any atom is 0.248 e. The number of amides is 1. The summed E-state index contributed by atoms with van der Waals surface area (Å²) in [5, 5.41) is 0. The van der Waals surface area contributed by atoms with E-state index in [2.05, 4.69) is 18.0 Å². The van der Waals surface area contributed by atoms with E-state index in [-0.39, 0.29) is 12.5 Å². The molecule has 23 heavy (non-hydrogen) atoms. The normalized spacial score (nSPS) is 14.2. The Kier molecular flexibility index (Phi) is 4.86. The molecule has 2 aromatic carbocycles.